The average Bonchev–Trinajstić information content (AvgIpc) is 2.31. The molecule has 0 atom stereocenters. The number of anilines is 1. The van der Waals surface area contributed by atoms with Crippen LogP contribution in [0.25, 0.3) is 11.3 Å². The average molecular weight is 220 g/mol. The summed E-state index contributed by atoms with van der Waals surface area (Å²) in [6.45, 7) is 0. The summed E-state index contributed by atoms with van der Waals surface area (Å²) < 4.78 is 18.1. The van der Waals surface area contributed by atoms with Crippen molar-refractivity contribution in [2.24, 2.45) is 0 Å². The minimum absolute atomic E-state index is 0.191. The fraction of sp³-hybridized carbons (Fsp3) is 0.0909. The number of nitrogens with zero attached hydrogens (tertiary/aromatic N) is 1. The van der Waals surface area contributed by atoms with Crippen molar-refractivity contribution in [3.05, 3.63) is 36.4 Å². The van der Waals surface area contributed by atoms with Crippen molar-refractivity contribution in [2.45, 2.75) is 0 Å². The molecule has 2 rings (SSSR count). The lowest BCUT2D eigenvalue weighted by atomic mass is 10.1. The molecular weight excluding hydrogens is 209 g/mol. The molecule has 0 unspecified atom stereocenters. The summed E-state index contributed by atoms with van der Waals surface area (Å²) in [4.78, 5) is 6.95. The van der Waals surface area contributed by atoms with Gasteiger partial charge in [0, 0.05) is 5.56 Å². The molecule has 0 saturated carbocycles. The van der Waals surface area contributed by atoms with Crippen LogP contribution in [-0.4, -0.2) is 12.1 Å². The Hall–Kier alpha value is -2.17. The molecule has 1 aromatic carbocycles. The van der Waals surface area contributed by atoms with Gasteiger partial charge in [-0.15, -0.1) is 0 Å². The van der Waals surface area contributed by atoms with Gasteiger partial charge in [-0.3, -0.25) is 5.73 Å². The Morgan fingerprint density at radius 1 is 1.44 bits per heavy atom. The number of nitrogens with two attached hydrogens (primary N) is 1. The zero-order chi connectivity index (χ0) is 11.5. The van der Waals surface area contributed by atoms with Gasteiger partial charge in [-0.2, -0.15) is 0 Å². The van der Waals surface area contributed by atoms with E-state index in [1.54, 1.807) is 18.3 Å². The van der Waals surface area contributed by atoms with E-state index < -0.39 is 5.82 Å². The highest BCUT2D eigenvalue weighted by Gasteiger charge is 2.07. The van der Waals surface area contributed by atoms with E-state index in [2.05, 4.69) is 9.97 Å². The summed E-state index contributed by atoms with van der Waals surface area (Å²) in [5.74, 6) is 0.264. The second-order valence-electron chi connectivity index (χ2n) is 3.24. The molecule has 2 aromatic rings. The van der Waals surface area contributed by atoms with E-state index in [4.69, 9.17) is 10.5 Å². The standard InChI is InChI=1S/C11H10FN3O/c1-16-10-4-7(2-3-8(10)12)9-5-15-11(13)6-14-9/h2-6H,1H3,(H2,13,15)/p+1. The van der Waals surface area contributed by atoms with Crippen LogP contribution in [0.15, 0.2) is 30.6 Å². The van der Waals surface area contributed by atoms with Crippen molar-refractivity contribution in [3.8, 4) is 17.0 Å². The Kier molecular flexibility index (Phi) is 2.68. The maximum atomic E-state index is 13.2. The number of hydrogen-bond donors (Lipinski definition) is 1. The van der Waals surface area contributed by atoms with Gasteiger partial charge >= 0.3 is 0 Å². The second-order valence-corrected chi connectivity index (χ2v) is 3.24. The molecule has 0 aliphatic heterocycles. The van der Waals surface area contributed by atoms with Gasteiger partial charge in [0.15, 0.2) is 11.6 Å². The van der Waals surface area contributed by atoms with Crippen LogP contribution in [0.4, 0.5) is 10.2 Å². The van der Waals surface area contributed by atoms with Crippen molar-refractivity contribution in [2.75, 3.05) is 12.8 Å². The third-order valence-electron chi connectivity index (χ3n) is 2.17. The number of halogens is 1. The summed E-state index contributed by atoms with van der Waals surface area (Å²) in [5.41, 5.74) is 6.91. The zero-order valence-corrected chi connectivity index (χ0v) is 8.70. The van der Waals surface area contributed by atoms with Crippen molar-refractivity contribution < 1.29 is 14.1 Å². The molecule has 0 aliphatic carbocycles. The Labute approximate surface area is 91.9 Å². The maximum absolute atomic E-state index is 13.2. The highest BCUT2D eigenvalue weighted by atomic mass is 19.1. The molecule has 1 heterocycles. The molecule has 82 valence electrons. The molecule has 4 nitrogen and oxygen atoms in total. The van der Waals surface area contributed by atoms with E-state index in [-0.39, 0.29) is 5.75 Å². The summed E-state index contributed by atoms with van der Waals surface area (Å²) in [6, 6.07) is 4.55. The fourth-order valence-electron chi connectivity index (χ4n) is 1.34. The van der Waals surface area contributed by atoms with Crippen LogP contribution in [0, 0.1) is 5.82 Å². The van der Waals surface area contributed by atoms with E-state index in [9.17, 15) is 4.39 Å². The SMILES string of the molecule is COc1cc(-c2c[nH+]c(N)cn2)ccc1F. The number of rotatable bonds is 2. The predicted octanol–water partition coefficient (Wildman–Crippen LogP) is 1.29. The van der Waals surface area contributed by atoms with Crippen LogP contribution in [0.5, 0.6) is 5.75 Å². The maximum Gasteiger partial charge on any atom is 0.288 e. The van der Waals surface area contributed by atoms with Gasteiger partial charge in [0.25, 0.3) is 5.82 Å². The molecule has 16 heavy (non-hydrogen) atoms. The number of nitrogens with one attached hydrogen (secondary N) is 1. The zero-order valence-electron chi connectivity index (χ0n) is 8.70. The summed E-state index contributed by atoms with van der Waals surface area (Å²) in [7, 11) is 1.42. The number of aromatic amines is 1. The van der Waals surface area contributed by atoms with Gasteiger partial charge in [-0.1, -0.05) is 0 Å². The van der Waals surface area contributed by atoms with Crippen LogP contribution in [-0.2, 0) is 0 Å². The molecular formula is C11H11FN3O+. The minimum Gasteiger partial charge on any atom is -0.494 e. The van der Waals surface area contributed by atoms with Crippen molar-refractivity contribution >= 4 is 5.82 Å². The number of ether oxygens (including phenoxy) is 1. The molecule has 0 aliphatic rings. The van der Waals surface area contributed by atoms with Crippen LogP contribution in [0.1, 0.15) is 0 Å². The van der Waals surface area contributed by atoms with E-state index >= 15 is 0 Å². The summed E-state index contributed by atoms with van der Waals surface area (Å²) >= 11 is 0. The first-order valence-corrected chi connectivity index (χ1v) is 4.68. The van der Waals surface area contributed by atoms with Crippen LogP contribution >= 0.6 is 0 Å². The molecule has 0 bridgehead atoms. The second kappa shape index (κ2) is 4.14. The lowest BCUT2D eigenvalue weighted by Crippen LogP contribution is -2.10. The molecule has 0 amide bonds. The Morgan fingerprint density at radius 3 is 2.88 bits per heavy atom. The Morgan fingerprint density at radius 2 is 2.25 bits per heavy atom. The Bertz CT molecular complexity index is 499. The van der Waals surface area contributed by atoms with E-state index in [0.29, 0.717) is 11.5 Å². The first kappa shape index (κ1) is 10.4. The fourth-order valence-corrected chi connectivity index (χ4v) is 1.34. The van der Waals surface area contributed by atoms with Gasteiger partial charge in [0.1, 0.15) is 18.1 Å². The van der Waals surface area contributed by atoms with E-state index in [1.807, 2.05) is 0 Å². The van der Waals surface area contributed by atoms with Crippen molar-refractivity contribution in [1.29, 1.82) is 0 Å². The normalized spacial score (nSPS) is 10.1. The molecule has 5 heteroatoms. The largest absolute Gasteiger partial charge is 0.494 e. The van der Waals surface area contributed by atoms with E-state index in [0.717, 1.165) is 5.56 Å². The smallest absolute Gasteiger partial charge is 0.288 e. The topological polar surface area (TPSA) is 62.3 Å². The van der Waals surface area contributed by atoms with Crippen LogP contribution in [0.3, 0.4) is 0 Å². The van der Waals surface area contributed by atoms with Gasteiger partial charge in [-0.05, 0) is 18.2 Å². The molecule has 0 spiro atoms. The van der Waals surface area contributed by atoms with Crippen molar-refractivity contribution in [1.82, 2.24) is 4.98 Å². The van der Waals surface area contributed by atoms with Gasteiger partial charge < -0.3 is 4.74 Å². The third-order valence-corrected chi connectivity index (χ3v) is 2.17. The number of benzene rings is 1. The summed E-state index contributed by atoms with van der Waals surface area (Å²) in [6.07, 6.45) is 3.16. The molecule has 1 aromatic heterocycles. The van der Waals surface area contributed by atoms with Gasteiger partial charge in [0.05, 0.1) is 7.11 Å². The van der Waals surface area contributed by atoms with Gasteiger partial charge in [0.2, 0.25) is 0 Å². The number of H-pyrrole nitrogens is 1. The number of nitrogen functional groups attached to an aromatic ring is 1. The minimum atomic E-state index is -0.398. The van der Waals surface area contributed by atoms with Crippen LogP contribution < -0.4 is 15.5 Å². The summed E-state index contributed by atoms with van der Waals surface area (Å²) in [5, 5.41) is 0. The first-order valence-electron chi connectivity index (χ1n) is 4.68. The number of aromatic nitrogens is 2. The molecule has 0 radical (unpaired) electrons. The molecule has 0 saturated heterocycles. The molecule has 0 fully saturated rings. The highest BCUT2D eigenvalue weighted by Crippen LogP contribution is 2.24. The monoisotopic (exact) mass is 220 g/mol. The first-order chi connectivity index (χ1) is 7.70. The highest BCUT2D eigenvalue weighted by molar-refractivity contribution is 5.60. The van der Waals surface area contributed by atoms with Gasteiger partial charge in [-0.25, -0.2) is 14.4 Å². The third kappa shape index (κ3) is 1.93. The lowest BCUT2D eigenvalue weighted by Gasteiger charge is -2.04. The Balaban J connectivity index is 2.44. The lowest BCUT2D eigenvalue weighted by molar-refractivity contribution is -0.360. The number of methoxy groups -OCH3 is 1. The van der Waals surface area contributed by atoms with E-state index in [1.165, 1.54) is 19.4 Å². The van der Waals surface area contributed by atoms with Crippen LogP contribution in [0.2, 0.25) is 0 Å². The molecule has 3 N–H and O–H groups in total. The predicted molar refractivity (Wildman–Crippen MR) is 57.2 cm³/mol. The quantitative estimate of drug-likeness (QED) is 0.829. The number of hydrogen-bond acceptors (Lipinski definition) is 3. The van der Waals surface area contributed by atoms with Crippen molar-refractivity contribution in [3.63, 3.8) is 0 Å².